The Kier molecular flexibility index (Phi) is 5.42. The van der Waals surface area contributed by atoms with Gasteiger partial charge in [-0.05, 0) is 40.5 Å². The zero-order chi connectivity index (χ0) is 13.8. The SMILES string of the molecule is CC(N)C(OCc1ccccc1Cl)c1cc(Br)cs1. The Morgan fingerprint density at radius 2 is 2.16 bits per heavy atom. The molecule has 0 radical (unpaired) electrons. The topological polar surface area (TPSA) is 35.2 Å². The largest absolute Gasteiger partial charge is 0.366 e. The van der Waals surface area contributed by atoms with Crippen LogP contribution in [0.1, 0.15) is 23.5 Å². The molecule has 0 saturated heterocycles. The van der Waals surface area contributed by atoms with Gasteiger partial charge < -0.3 is 10.5 Å². The molecule has 2 nitrogen and oxygen atoms in total. The number of nitrogens with two attached hydrogens (primary N) is 1. The first-order valence-electron chi connectivity index (χ1n) is 5.92. The van der Waals surface area contributed by atoms with E-state index in [4.69, 9.17) is 22.1 Å². The van der Waals surface area contributed by atoms with Crippen molar-refractivity contribution >= 4 is 38.9 Å². The fourth-order valence-electron chi connectivity index (χ4n) is 1.77. The summed E-state index contributed by atoms with van der Waals surface area (Å²) in [4.78, 5) is 1.12. The third kappa shape index (κ3) is 4.04. The zero-order valence-electron chi connectivity index (χ0n) is 10.5. The molecular weight excluding hydrogens is 346 g/mol. The number of benzene rings is 1. The van der Waals surface area contributed by atoms with Crippen molar-refractivity contribution in [2.45, 2.75) is 25.7 Å². The van der Waals surface area contributed by atoms with Crippen molar-refractivity contribution in [1.29, 1.82) is 0 Å². The smallest absolute Gasteiger partial charge is 0.107 e. The minimum atomic E-state index is -0.118. The van der Waals surface area contributed by atoms with Crippen molar-refractivity contribution in [3.05, 3.63) is 55.6 Å². The van der Waals surface area contributed by atoms with Crippen LogP contribution in [0.3, 0.4) is 0 Å². The van der Waals surface area contributed by atoms with Crippen LogP contribution in [0, 0.1) is 0 Å². The molecule has 0 aliphatic rings. The van der Waals surface area contributed by atoms with Crippen molar-refractivity contribution in [1.82, 2.24) is 0 Å². The molecule has 0 spiro atoms. The van der Waals surface area contributed by atoms with Crippen molar-refractivity contribution in [2.75, 3.05) is 0 Å². The van der Waals surface area contributed by atoms with E-state index in [1.54, 1.807) is 11.3 Å². The summed E-state index contributed by atoms with van der Waals surface area (Å²) >= 11 is 11.2. The van der Waals surface area contributed by atoms with Gasteiger partial charge in [0.2, 0.25) is 0 Å². The summed E-state index contributed by atoms with van der Waals surface area (Å²) in [5.74, 6) is 0. The normalized spacial score (nSPS) is 14.3. The van der Waals surface area contributed by atoms with E-state index in [2.05, 4.69) is 15.9 Å². The second-order valence-corrected chi connectivity index (χ2v) is 6.62. The monoisotopic (exact) mass is 359 g/mol. The van der Waals surface area contributed by atoms with E-state index in [9.17, 15) is 0 Å². The van der Waals surface area contributed by atoms with Gasteiger partial charge in [-0.1, -0.05) is 29.8 Å². The average molecular weight is 361 g/mol. The number of halogens is 2. The van der Waals surface area contributed by atoms with Crippen molar-refractivity contribution in [2.24, 2.45) is 5.73 Å². The number of ether oxygens (including phenoxy) is 1. The lowest BCUT2D eigenvalue weighted by molar-refractivity contribution is 0.0283. The van der Waals surface area contributed by atoms with Gasteiger partial charge in [0.1, 0.15) is 6.10 Å². The minimum absolute atomic E-state index is 0.0759. The number of rotatable bonds is 5. The number of hydrogen-bond acceptors (Lipinski definition) is 3. The molecule has 102 valence electrons. The molecule has 19 heavy (non-hydrogen) atoms. The van der Waals surface area contributed by atoms with Crippen LogP contribution in [0.5, 0.6) is 0 Å². The summed E-state index contributed by atoms with van der Waals surface area (Å²) in [5.41, 5.74) is 6.99. The standard InChI is InChI=1S/C14H15BrClNOS/c1-9(17)14(13-6-11(15)8-19-13)18-7-10-4-2-3-5-12(10)16/h2-6,8-9,14H,7,17H2,1H3. The van der Waals surface area contributed by atoms with Gasteiger partial charge in [-0.3, -0.25) is 0 Å². The van der Waals surface area contributed by atoms with Gasteiger partial charge in [0, 0.05) is 25.8 Å². The Morgan fingerprint density at radius 3 is 2.74 bits per heavy atom. The summed E-state index contributed by atoms with van der Waals surface area (Å²) in [5, 5.41) is 2.75. The summed E-state index contributed by atoms with van der Waals surface area (Å²) in [6.45, 7) is 2.41. The molecule has 0 amide bonds. The highest BCUT2D eigenvalue weighted by molar-refractivity contribution is 9.10. The molecule has 0 bridgehead atoms. The Bertz CT molecular complexity index is 544. The molecule has 2 aromatic rings. The summed E-state index contributed by atoms with van der Waals surface area (Å²) in [6.07, 6.45) is -0.118. The third-order valence-electron chi connectivity index (χ3n) is 2.72. The fourth-order valence-corrected chi connectivity index (χ4v) is 3.56. The van der Waals surface area contributed by atoms with Crippen LogP contribution in [0.25, 0.3) is 0 Å². The number of thiophene rings is 1. The van der Waals surface area contributed by atoms with Gasteiger partial charge in [-0.25, -0.2) is 0 Å². The summed E-state index contributed by atoms with van der Waals surface area (Å²) < 4.78 is 7.01. The molecule has 1 aromatic carbocycles. The van der Waals surface area contributed by atoms with E-state index in [0.717, 1.165) is 19.9 Å². The van der Waals surface area contributed by atoms with E-state index < -0.39 is 0 Å². The maximum absolute atomic E-state index is 6.12. The molecular formula is C14H15BrClNOS. The molecule has 2 N–H and O–H groups in total. The Balaban J connectivity index is 2.08. The lowest BCUT2D eigenvalue weighted by Gasteiger charge is -2.20. The molecule has 0 aliphatic heterocycles. The van der Waals surface area contributed by atoms with Crippen molar-refractivity contribution in [3.63, 3.8) is 0 Å². The van der Waals surface area contributed by atoms with Crippen LogP contribution in [0.4, 0.5) is 0 Å². The zero-order valence-corrected chi connectivity index (χ0v) is 13.6. The lowest BCUT2D eigenvalue weighted by atomic mass is 10.1. The van der Waals surface area contributed by atoms with Crippen LogP contribution in [-0.2, 0) is 11.3 Å². The van der Waals surface area contributed by atoms with Crippen LogP contribution in [-0.4, -0.2) is 6.04 Å². The minimum Gasteiger partial charge on any atom is -0.366 e. The van der Waals surface area contributed by atoms with Gasteiger partial charge in [0.25, 0.3) is 0 Å². The quantitative estimate of drug-likeness (QED) is 0.833. The highest BCUT2D eigenvalue weighted by Crippen LogP contribution is 2.30. The van der Waals surface area contributed by atoms with Crippen LogP contribution >= 0.6 is 38.9 Å². The molecule has 0 fully saturated rings. The Labute approximate surface area is 130 Å². The van der Waals surface area contributed by atoms with Crippen molar-refractivity contribution in [3.8, 4) is 0 Å². The van der Waals surface area contributed by atoms with Gasteiger partial charge >= 0.3 is 0 Å². The summed E-state index contributed by atoms with van der Waals surface area (Å²) in [6, 6.07) is 9.66. The maximum atomic E-state index is 6.12. The molecule has 1 aromatic heterocycles. The highest BCUT2D eigenvalue weighted by Gasteiger charge is 2.19. The van der Waals surface area contributed by atoms with Crippen LogP contribution in [0.2, 0.25) is 5.02 Å². The van der Waals surface area contributed by atoms with Crippen molar-refractivity contribution < 1.29 is 4.74 Å². The predicted molar refractivity (Wildman–Crippen MR) is 84.7 cm³/mol. The average Bonchev–Trinajstić information content (AvgIpc) is 2.78. The van der Waals surface area contributed by atoms with E-state index in [1.807, 2.05) is 42.6 Å². The van der Waals surface area contributed by atoms with Gasteiger partial charge in [-0.2, -0.15) is 0 Å². The molecule has 0 saturated carbocycles. The van der Waals surface area contributed by atoms with Crippen LogP contribution < -0.4 is 5.73 Å². The number of hydrogen-bond donors (Lipinski definition) is 1. The molecule has 2 atom stereocenters. The molecule has 2 unspecified atom stereocenters. The van der Waals surface area contributed by atoms with Gasteiger partial charge in [-0.15, -0.1) is 11.3 Å². The predicted octanol–water partition coefficient (Wildman–Crippen LogP) is 4.77. The first-order chi connectivity index (χ1) is 9.08. The van der Waals surface area contributed by atoms with E-state index >= 15 is 0 Å². The first kappa shape index (κ1) is 15.0. The second-order valence-electron chi connectivity index (χ2n) is 4.35. The molecule has 2 rings (SSSR count). The molecule has 0 aliphatic carbocycles. The molecule has 5 heteroatoms. The van der Waals surface area contributed by atoms with Gasteiger partial charge in [0.15, 0.2) is 0 Å². The van der Waals surface area contributed by atoms with E-state index in [1.165, 1.54) is 0 Å². The third-order valence-corrected chi connectivity index (χ3v) is 4.85. The van der Waals surface area contributed by atoms with Gasteiger partial charge in [0.05, 0.1) is 6.61 Å². The van der Waals surface area contributed by atoms with E-state index in [-0.39, 0.29) is 12.1 Å². The Morgan fingerprint density at radius 1 is 1.42 bits per heavy atom. The maximum Gasteiger partial charge on any atom is 0.107 e. The molecule has 1 heterocycles. The Hall–Kier alpha value is -0.390. The fraction of sp³-hybridized carbons (Fsp3) is 0.286. The first-order valence-corrected chi connectivity index (χ1v) is 7.97. The van der Waals surface area contributed by atoms with E-state index in [0.29, 0.717) is 6.61 Å². The second kappa shape index (κ2) is 6.86. The lowest BCUT2D eigenvalue weighted by Crippen LogP contribution is -2.26. The highest BCUT2D eigenvalue weighted by atomic mass is 79.9. The summed E-state index contributed by atoms with van der Waals surface area (Å²) in [7, 11) is 0. The van der Waals surface area contributed by atoms with Crippen LogP contribution in [0.15, 0.2) is 40.2 Å².